The predicted molar refractivity (Wildman–Crippen MR) is 55.9 cm³/mol. The second kappa shape index (κ2) is 4.21. The van der Waals surface area contributed by atoms with E-state index in [2.05, 4.69) is 10.2 Å². The van der Waals surface area contributed by atoms with E-state index in [0.717, 1.165) is 0 Å². The van der Waals surface area contributed by atoms with Gasteiger partial charge in [0.2, 0.25) is 0 Å². The maximum Gasteiger partial charge on any atom is 0.446 e. The molecule has 0 spiro atoms. The summed E-state index contributed by atoms with van der Waals surface area (Å²) in [7, 11) is 0. The first-order chi connectivity index (χ1) is 7.56. The number of hydrogen-bond donors (Lipinski definition) is 1. The fourth-order valence-corrected chi connectivity index (χ4v) is 1.91. The van der Waals surface area contributed by atoms with Gasteiger partial charge in [0.1, 0.15) is 0 Å². The number of hydrogen-bond acceptors (Lipinski definition) is 2. The molecule has 0 saturated heterocycles. The first-order valence-electron chi connectivity index (χ1n) is 4.41. The lowest BCUT2D eigenvalue weighted by Gasteiger charge is -2.05. The van der Waals surface area contributed by atoms with Crippen LogP contribution in [0.2, 0.25) is 0 Å². The average molecular weight is 244 g/mol. The molecular formula is C10H7F3N2S. The number of H-pyrrole nitrogens is 1. The Bertz CT molecular complexity index is 464. The molecule has 1 aromatic carbocycles. The van der Waals surface area contributed by atoms with Crippen molar-refractivity contribution in [3.05, 3.63) is 36.5 Å². The molecule has 84 valence electrons. The minimum absolute atomic E-state index is 0.0821. The van der Waals surface area contributed by atoms with Crippen LogP contribution < -0.4 is 0 Å². The van der Waals surface area contributed by atoms with Crippen molar-refractivity contribution in [1.82, 2.24) is 10.2 Å². The Morgan fingerprint density at radius 3 is 2.44 bits per heavy atom. The third kappa shape index (κ3) is 2.57. The van der Waals surface area contributed by atoms with Gasteiger partial charge in [0.15, 0.2) is 0 Å². The zero-order valence-corrected chi connectivity index (χ0v) is 8.77. The summed E-state index contributed by atoms with van der Waals surface area (Å²) < 4.78 is 36.7. The van der Waals surface area contributed by atoms with Crippen molar-refractivity contribution in [2.75, 3.05) is 0 Å². The average Bonchev–Trinajstić information content (AvgIpc) is 2.64. The summed E-state index contributed by atoms with van der Waals surface area (Å²) in [5.41, 5.74) is -3.22. The Balaban J connectivity index is 2.33. The normalized spacial score (nSPS) is 11.7. The number of rotatable bonds is 2. The monoisotopic (exact) mass is 244 g/mol. The van der Waals surface area contributed by atoms with E-state index in [1.807, 2.05) is 0 Å². The van der Waals surface area contributed by atoms with Gasteiger partial charge < -0.3 is 0 Å². The van der Waals surface area contributed by atoms with E-state index in [9.17, 15) is 13.2 Å². The molecule has 0 bridgehead atoms. The molecule has 0 amide bonds. The van der Waals surface area contributed by atoms with Gasteiger partial charge in [0.25, 0.3) is 0 Å². The van der Waals surface area contributed by atoms with E-state index in [-0.39, 0.29) is 16.7 Å². The number of halogens is 3. The largest absolute Gasteiger partial charge is 0.446 e. The summed E-state index contributed by atoms with van der Waals surface area (Å²) in [5, 5.41) is 6.21. The molecule has 16 heavy (non-hydrogen) atoms. The van der Waals surface area contributed by atoms with Crippen LogP contribution in [-0.4, -0.2) is 15.7 Å². The maximum absolute atomic E-state index is 12.2. The van der Waals surface area contributed by atoms with Crippen LogP contribution in [0.25, 0.3) is 11.3 Å². The Labute approximate surface area is 93.9 Å². The number of aromatic amines is 1. The molecule has 0 radical (unpaired) electrons. The molecule has 0 fully saturated rings. The van der Waals surface area contributed by atoms with Crippen molar-refractivity contribution in [3.8, 4) is 11.3 Å². The van der Waals surface area contributed by atoms with Gasteiger partial charge in [-0.15, -0.1) is 0 Å². The van der Waals surface area contributed by atoms with Crippen LogP contribution >= 0.6 is 11.8 Å². The Kier molecular flexibility index (Phi) is 2.91. The second-order valence-electron chi connectivity index (χ2n) is 3.02. The van der Waals surface area contributed by atoms with Crippen molar-refractivity contribution in [2.45, 2.75) is 10.4 Å². The van der Waals surface area contributed by atoms with Crippen molar-refractivity contribution >= 4 is 11.8 Å². The van der Waals surface area contributed by atoms with E-state index in [0.29, 0.717) is 11.3 Å². The van der Waals surface area contributed by atoms with E-state index in [1.165, 1.54) is 6.20 Å². The number of aromatic nitrogens is 2. The van der Waals surface area contributed by atoms with Crippen LogP contribution in [0.5, 0.6) is 0 Å². The topological polar surface area (TPSA) is 28.7 Å². The molecule has 2 rings (SSSR count). The lowest BCUT2D eigenvalue weighted by atomic mass is 10.2. The summed E-state index contributed by atoms with van der Waals surface area (Å²) >= 11 is -0.165. The summed E-state index contributed by atoms with van der Waals surface area (Å²) in [6.07, 6.45) is 1.18. The van der Waals surface area contributed by atoms with Gasteiger partial charge in [-0.05, 0) is 11.8 Å². The summed E-state index contributed by atoms with van der Waals surface area (Å²) in [4.78, 5) is 0.0821. The minimum Gasteiger partial charge on any atom is -0.277 e. The molecule has 1 heterocycles. The van der Waals surface area contributed by atoms with Gasteiger partial charge in [-0.2, -0.15) is 18.3 Å². The summed E-state index contributed by atoms with van der Waals surface area (Å²) in [6, 6.07) is 8.79. The van der Waals surface area contributed by atoms with Gasteiger partial charge in [-0.25, -0.2) is 0 Å². The van der Waals surface area contributed by atoms with Gasteiger partial charge >= 0.3 is 5.51 Å². The highest BCUT2D eigenvalue weighted by Gasteiger charge is 2.31. The summed E-state index contributed by atoms with van der Waals surface area (Å²) in [6.45, 7) is 0. The molecule has 2 nitrogen and oxygen atoms in total. The molecule has 0 aliphatic carbocycles. The first kappa shape index (κ1) is 11.1. The van der Waals surface area contributed by atoms with Gasteiger partial charge in [-0.3, -0.25) is 5.10 Å². The van der Waals surface area contributed by atoms with Crippen molar-refractivity contribution in [1.29, 1.82) is 0 Å². The van der Waals surface area contributed by atoms with Gasteiger partial charge in [-0.1, -0.05) is 30.3 Å². The smallest absolute Gasteiger partial charge is 0.277 e. The van der Waals surface area contributed by atoms with Crippen LogP contribution in [0.3, 0.4) is 0 Å². The molecule has 2 aromatic rings. The Morgan fingerprint density at radius 1 is 1.12 bits per heavy atom. The highest BCUT2D eigenvalue weighted by molar-refractivity contribution is 8.00. The minimum atomic E-state index is -4.30. The Morgan fingerprint density at radius 2 is 1.81 bits per heavy atom. The molecular weight excluding hydrogens is 237 g/mol. The standard InChI is InChI=1S/C10H7F3N2S/c11-10(12,13)16-8-6-14-15-9(8)7-4-2-1-3-5-7/h1-6H,(H,14,15). The molecule has 0 atom stereocenters. The molecule has 1 N–H and O–H groups in total. The van der Waals surface area contributed by atoms with Crippen LogP contribution in [-0.2, 0) is 0 Å². The zero-order chi connectivity index (χ0) is 11.6. The first-order valence-corrected chi connectivity index (χ1v) is 5.22. The fraction of sp³-hybridized carbons (Fsp3) is 0.100. The third-order valence-electron chi connectivity index (χ3n) is 1.89. The van der Waals surface area contributed by atoms with Crippen molar-refractivity contribution in [3.63, 3.8) is 0 Å². The third-order valence-corrected chi connectivity index (χ3v) is 2.65. The number of thioether (sulfide) groups is 1. The van der Waals surface area contributed by atoms with Crippen molar-refractivity contribution < 1.29 is 13.2 Å². The lowest BCUT2D eigenvalue weighted by Crippen LogP contribution is -1.99. The predicted octanol–water partition coefficient (Wildman–Crippen LogP) is 3.69. The van der Waals surface area contributed by atoms with Gasteiger partial charge in [0, 0.05) is 5.56 Å². The number of benzene rings is 1. The highest BCUT2D eigenvalue weighted by Crippen LogP contribution is 2.40. The molecule has 0 aliphatic heterocycles. The van der Waals surface area contributed by atoms with E-state index in [1.54, 1.807) is 30.3 Å². The number of nitrogens with one attached hydrogen (secondary N) is 1. The van der Waals surface area contributed by atoms with Crippen LogP contribution in [0, 0.1) is 0 Å². The Hall–Kier alpha value is -1.43. The zero-order valence-electron chi connectivity index (χ0n) is 7.95. The highest BCUT2D eigenvalue weighted by atomic mass is 32.2. The van der Waals surface area contributed by atoms with Crippen LogP contribution in [0.4, 0.5) is 13.2 Å². The van der Waals surface area contributed by atoms with E-state index < -0.39 is 5.51 Å². The molecule has 0 unspecified atom stereocenters. The second-order valence-corrected chi connectivity index (χ2v) is 4.13. The molecule has 0 saturated carbocycles. The SMILES string of the molecule is FC(F)(F)Sc1cn[nH]c1-c1ccccc1. The van der Waals surface area contributed by atoms with Crippen LogP contribution in [0.1, 0.15) is 0 Å². The maximum atomic E-state index is 12.2. The van der Waals surface area contributed by atoms with Crippen molar-refractivity contribution in [2.24, 2.45) is 0 Å². The summed E-state index contributed by atoms with van der Waals surface area (Å²) in [5.74, 6) is 0. The van der Waals surface area contributed by atoms with E-state index >= 15 is 0 Å². The number of alkyl halides is 3. The lowest BCUT2D eigenvalue weighted by molar-refractivity contribution is -0.0327. The molecule has 6 heteroatoms. The number of nitrogens with zero attached hydrogens (tertiary/aromatic N) is 1. The van der Waals surface area contributed by atoms with Crippen LogP contribution in [0.15, 0.2) is 41.4 Å². The quantitative estimate of drug-likeness (QED) is 0.816. The molecule has 0 aliphatic rings. The molecule has 1 aromatic heterocycles. The van der Waals surface area contributed by atoms with Gasteiger partial charge in [0.05, 0.1) is 16.8 Å². The fourth-order valence-electron chi connectivity index (χ4n) is 1.29. The van der Waals surface area contributed by atoms with E-state index in [4.69, 9.17) is 0 Å².